The first kappa shape index (κ1) is 12.2. The summed E-state index contributed by atoms with van der Waals surface area (Å²) in [5, 5.41) is 0. The fourth-order valence-electron chi connectivity index (χ4n) is 1.79. The van der Waals surface area contributed by atoms with E-state index in [1.165, 1.54) is 20.3 Å². The highest BCUT2D eigenvalue weighted by molar-refractivity contribution is 6.30. The Kier molecular flexibility index (Phi) is 3.06. The molecule has 0 fully saturated rings. The van der Waals surface area contributed by atoms with Gasteiger partial charge in [-0.15, -0.1) is 0 Å². The average molecular weight is 247 g/mol. The minimum absolute atomic E-state index is 0.330. The standard InChI is InChI=1S/C13H13NO4/c1-8-6-12(15)14(13(8)16)10-5-4-9(17-2)7-11(10)18-3/h4-7H,1-3H3. The molecule has 2 rings (SSSR count). The van der Waals surface area contributed by atoms with Crippen LogP contribution in [0.15, 0.2) is 29.8 Å². The summed E-state index contributed by atoms with van der Waals surface area (Å²) >= 11 is 0. The predicted octanol–water partition coefficient (Wildman–Crippen LogP) is 1.52. The molecule has 5 heteroatoms. The van der Waals surface area contributed by atoms with Gasteiger partial charge in [0, 0.05) is 17.7 Å². The minimum Gasteiger partial charge on any atom is -0.497 e. The summed E-state index contributed by atoms with van der Waals surface area (Å²) in [7, 11) is 3.01. The number of methoxy groups -OCH3 is 2. The summed E-state index contributed by atoms with van der Waals surface area (Å²) < 4.78 is 10.3. The maximum atomic E-state index is 11.9. The third-order valence-electron chi connectivity index (χ3n) is 2.73. The van der Waals surface area contributed by atoms with Gasteiger partial charge in [0.2, 0.25) is 0 Å². The highest BCUT2D eigenvalue weighted by Crippen LogP contribution is 2.34. The Morgan fingerprint density at radius 1 is 1.11 bits per heavy atom. The van der Waals surface area contributed by atoms with E-state index >= 15 is 0 Å². The number of hydrogen-bond acceptors (Lipinski definition) is 4. The summed E-state index contributed by atoms with van der Waals surface area (Å²) in [6.07, 6.45) is 1.31. The number of hydrogen-bond donors (Lipinski definition) is 0. The summed E-state index contributed by atoms with van der Waals surface area (Å²) in [4.78, 5) is 24.7. The van der Waals surface area contributed by atoms with E-state index in [4.69, 9.17) is 9.47 Å². The molecule has 1 aromatic carbocycles. The molecule has 5 nitrogen and oxygen atoms in total. The Morgan fingerprint density at radius 3 is 2.33 bits per heavy atom. The zero-order valence-corrected chi connectivity index (χ0v) is 10.4. The van der Waals surface area contributed by atoms with Gasteiger partial charge in [-0.1, -0.05) is 0 Å². The normalized spacial score (nSPS) is 14.8. The molecule has 1 aliphatic rings. The molecule has 0 N–H and O–H groups in total. The number of rotatable bonds is 3. The van der Waals surface area contributed by atoms with Crippen molar-refractivity contribution in [1.82, 2.24) is 0 Å². The highest BCUT2D eigenvalue weighted by atomic mass is 16.5. The van der Waals surface area contributed by atoms with Gasteiger partial charge in [-0.3, -0.25) is 9.59 Å². The molecule has 0 saturated carbocycles. The van der Waals surface area contributed by atoms with Gasteiger partial charge >= 0.3 is 0 Å². The van der Waals surface area contributed by atoms with Crippen molar-refractivity contribution in [3.63, 3.8) is 0 Å². The lowest BCUT2D eigenvalue weighted by Gasteiger charge is -2.18. The van der Waals surface area contributed by atoms with Crippen LogP contribution in [0, 0.1) is 0 Å². The fourth-order valence-corrected chi connectivity index (χ4v) is 1.79. The van der Waals surface area contributed by atoms with E-state index in [9.17, 15) is 9.59 Å². The molecule has 1 heterocycles. The van der Waals surface area contributed by atoms with Crippen LogP contribution in [0.4, 0.5) is 5.69 Å². The van der Waals surface area contributed by atoms with Gasteiger partial charge in [0.25, 0.3) is 11.8 Å². The van der Waals surface area contributed by atoms with Gasteiger partial charge in [0.05, 0.1) is 19.9 Å². The third-order valence-corrected chi connectivity index (χ3v) is 2.73. The summed E-state index contributed by atoms with van der Waals surface area (Å²) in [6, 6.07) is 4.93. The predicted molar refractivity (Wildman–Crippen MR) is 65.8 cm³/mol. The summed E-state index contributed by atoms with van der Waals surface area (Å²) in [5.74, 6) is 0.322. The smallest absolute Gasteiger partial charge is 0.261 e. The van der Waals surface area contributed by atoms with E-state index in [-0.39, 0.29) is 11.8 Å². The largest absolute Gasteiger partial charge is 0.497 e. The van der Waals surface area contributed by atoms with Crippen LogP contribution in [0.1, 0.15) is 6.92 Å². The maximum Gasteiger partial charge on any atom is 0.261 e. The van der Waals surface area contributed by atoms with Crippen LogP contribution in [0.25, 0.3) is 0 Å². The van der Waals surface area contributed by atoms with Crippen LogP contribution in [0.2, 0.25) is 0 Å². The number of imide groups is 1. The molecule has 1 aliphatic heterocycles. The molecule has 0 aromatic heterocycles. The summed E-state index contributed by atoms with van der Waals surface area (Å²) in [5.41, 5.74) is 0.833. The Bertz CT molecular complexity index is 548. The monoisotopic (exact) mass is 247 g/mol. The zero-order valence-electron chi connectivity index (χ0n) is 10.4. The zero-order chi connectivity index (χ0) is 13.3. The maximum absolute atomic E-state index is 11.9. The molecule has 2 amide bonds. The van der Waals surface area contributed by atoms with Gasteiger partial charge < -0.3 is 9.47 Å². The second-order valence-corrected chi connectivity index (χ2v) is 3.84. The fraction of sp³-hybridized carbons (Fsp3) is 0.231. The van der Waals surface area contributed by atoms with Crippen molar-refractivity contribution in [3.8, 4) is 11.5 Å². The van der Waals surface area contributed by atoms with Crippen LogP contribution in [-0.2, 0) is 9.59 Å². The molecular formula is C13H13NO4. The lowest BCUT2D eigenvalue weighted by atomic mass is 10.2. The van der Waals surface area contributed by atoms with Crippen molar-refractivity contribution in [1.29, 1.82) is 0 Å². The van der Waals surface area contributed by atoms with E-state index in [1.54, 1.807) is 25.1 Å². The van der Waals surface area contributed by atoms with E-state index in [0.29, 0.717) is 22.8 Å². The van der Waals surface area contributed by atoms with Crippen molar-refractivity contribution in [2.45, 2.75) is 6.92 Å². The first-order chi connectivity index (χ1) is 8.58. The second kappa shape index (κ2) is 4.52. The summed E-state index contributed by atoms with van der Waals surface area (Å²) in [6.45, 7) is 1.61. The van der Waals surface area contributed by atoms with Crippen molar-refractivity contribution in [3.05, 3.63) is 29.8 Å². The number of carbonyl (C=O) groups is 2. The van der Waals surface area contributed by atoms with Crippen molar-refractivity contribution in [2.75, 3.05) is 19.1 Å². The Hall–Kier alpha value is -2.30. The van der Waals surface area contributed by atoms with Gasteiger partial charge in [-0.05, 0) is 19.1 Å². The number of ether oxygens (including phenoxy) is 2. The number of anilines is 1. The van der Waals surface area contributed by atoms with E-state index in [0.717, 1.165) is 4.90 Å². The molecule has 0 radical (unpaired) electrons. The number of amides is 2. The first-order valence-electron chi connectivity index (χ1n) is 5.37. The van der Waals surface area contributed by atoms with Crippen molar-refractivity contribution in [2.24, 2.45) is 0 Å². The number of carbonyl (C=O) groups excluding carboxylic acids is 2. The molecule has 0 aliphatic carbocycles. The number of nitrogens with zero attached hydrogens (tertiary/aromatic N) is 1. The quantitative estimate of drug-likeness (QED) is 0.760. The van der Waals surface area contributed by atoms with E-state index in [1.807, 2.05) is 0 Å². The lowest BCUT2D eigenvalue weighted by Crippen LogP contribution is -2.30. The number of benzene rings is 1. The van der Waals surface area contributed by atoms with Gasteiger partial charge in [-0.25, -0.2) is 4.90 Å². The Labute approximate surface area is 105 Å². The van der Waals surface area contributed by atoms with Crippen LogP contribution >= 0.6 is 0 Å². The lowest BCUT2D eigenvalue weighted by molar-refractivity contribution is -0.120. The van der Waals surface area contributed by atoms with E-state index < -0.39 is 0 Å². The Balaban J connectivity index is 2.46. The highest BCUT2D eigenvalue weighted by Gasteiger charge is 2.31. The molecular weight excluding hydrogens is 234 g/mol. The van der Waals surface area contributed by atoms with Crippen LogP contribution in [-0.4, -0.2) is 26.0 Å². The van der Waals surface area contributed by atoms with Crippen molar-refractivity contribution < 1.29 is 19.1 Å². The van der Waals surface area contributed by atoms with Crippen LogP contribution < -0.4 is 14.4 Å². The molecule has 0 unspecified atom stereocenters. The molecule has 0 saturated heterocycles. The minimum atomic E-state index is -0.360. The van der Waals surface area contributed by atoms with Gasteiger partial charge in [0.1, 0.15) is 11.5 Å². The molecule has 1 aromatic rings. The van der Waals surface area contributed by atoms with Gasteiger partial charge in [-0.2, -0.15) is 0 Å². The molecule has 0 bridgehead atoms. The third kappa shape index (κ3) is 1.84. The van der Waals surface area contributed by atoms with Gasteiger partial charge in [0.15, 0.2) is 0 Å². The van der Waals surface area contributed by atoms with Crippen molar-refractivity contribution >= 4 is 17.5 Å². The molecule has 18 heavy (non-hydrogen) atoms. The van der Waals surface area contributed by atoms with E-state index in [2.05, 4.69) is 0 Å². The molecule has 0 spiro atoms. The Morgan fingerprint density at radius 2 is 1.83 bits per heavy atom. The van der Waals surface area contributed by atoms with Crippen LogP contribution in [0.3, 0.4) is 0 Å². The van der Waals surface area contributed by atoms with Crippen LogP contribution in [0.5, 0.6) is 11.5 Å². The molecule has 94 valence electrons. The topological polar surface area (TPSA) is 55.8 Å². The average Bonchev–Trinajstić information content (AvgIpc) is 2.62. The molecule has 0 atom stereocenters. The SMILES string of the molecule is COc1ccc(N2C(=O)C=C(C)C2=O)c(OC)c1. The first-order valence-corrected chi connectivity index (χ1v) is 5.37. The second-order valence-electron chi connectivity index (χ2n) is 3.84.